The van der Waals surface area contributed by atoms with Gasteiger partial charge < -0.3 is 14.6 Å². The molecule has 72 heavy (non-hydrogen) atoms. The molecule has 0 rings (SSSR count). The Hall–Kier alpha value is -5.26. The molecule has 0 spiro atoms. The van der Waals surface area contributed by atoms with Crippen molar-refractivity contribution in [2.24, 2.45) is 0 Å². The van der Waals surface area contributed by atoms with Crippen molar-refractivity contribution in [2.45, 2.75) is 200 Å². The van der Waals surface area contributed by atoms with Gasteiger partial charge in [0.15, 0.2) is 6.10 Å². The van der Waals surface area contributed by atoms with Crippen molar-refractivity contribution in [1.82, 2.24) is 0 Å². The lowest BCUT2D eigenvalue weighted by atomic mass is 10.1. The zero-order valence-corrected chi connectivity index (χ0v) is 45.3. The molecule has 0 saturated carbocycles. The van der Waals surface area contributed by atoms with E-state index >= 15 is 0 Å². The molecule has 0 aliphatic carbocycles. The highest BCUT2D eigenvalue weighted by Gasteiger charge is 2.16. The van der Waals surface area contributed by atoms with Gasteiger partial charge in [0, 0.05) is 12.8 Å². The third-order valence-corrected chi connectivity index (χ3v) is 10.9. The molecule has 1 N–H and O–H groups in total. The molecule has 0 bridgehead atoms. The molecule has 398 valence electrons. The second-order valence-electron chi connectivity index (χ2n) is 17.5. The molecule has 0 fully saturated rings. The number of aliphatic hydroxyl groups is 1. The third kappa shape index (κ3) is 57.3. The SMILES string of the molecule is CC/C=C\C/C=C\C/C=C\C/C=C\C/C=C\C/C=C\C/C=C\C/C=C\C/C=C\C/C=C\C/C=C\CCCCCCCC(=O)OC(CO)COC(=O)CCCCC/C=C\C/C=C\C/C=C\C/C=C\C/C=C\CC. The molecule has 5 nitrogen and oxygen atoms in total. The van der Waals surface area contributed by atoms with Crippen LogP contribution in [-0.2, 0) is 19.1 Å². The van der Waals surface area contributed by atoms with Crippen LogP contribution in [-0.4, -0.2) is 36.4 Å². The summed E-state index contributed by atoms with van der Waals surface area (Å²) in [5.41, 5.74) is 0. The van der Waals surface area contributed by atoms with E-state index in [0.29, 0.717) is 12.8 Å². The van der Waals surface area contributed by atoms with Gasteiger partial charge in [-0.05, 0) is 141 Å². The largest absolute Gasteiger partial charge is 0.462 e. The summed E-state index contributed by atoms with van der Waals surface area (Å²) in [6.07, 6.45) is 96.7. The molecule has 5 heteroatoms. The maximum Gasteiger partial charge on any atom is 0.306 e. The van der Waals surface area contributed by atoms with Crippen molar-refractivity contribution >= 4 is 11.9 Å². The van der Waals surface area contributed by atoms with Crippen LogP contribution in [0.3, 0.4) is 0 Å². The van der Waals surface area contributed by atoms with E-state index in [1.54, 1.807) is 0 Å². The highest BCUT2D eigenvalue weighted by atomic mass is 16.6. The van der Waals surface area contributed by atoms with Gasteiger partial charge in [0.1, 0.15) is 6.61 Å². The van der Waals surface area contributed by atoms with Crippen LogP contribution >= 0.6 is 0 Å². The lowest BCUT2D eigenvalue weighted by Gasteiger charge is -2.15. The molecule has 1 unspecified atom stereocenters. The number of hydrogen-bond donors (Lipinski definition) is 1. The standard InChI is InChI=1S/C67H100O5/c1-3-5-7-9-11-13-15-17-19-21-23-24-25-26-27-28-29-30-31-32-33-34-35-36-37-38-39-40-41-42-44-46-48-50-52-54-56-58-60-62-67(70)72-65(63-68)64-71-66(69)61-59-57-55-53-51-49-47-45-43-22-20-18-16-14-12-10-8-6-4-2/h5-8,11-14,17-20,23-24,26-27,29-30,32-33,35-36,38-39,41-43,45-46,48-49,51,65,68H,3-4,9-10,15-16,21-22,25,28,31,34,37,40,44,47,50,52-64H2,1-2H3/b7-5-,8-6-,13-11-,14-12-,19-17-,20-18-,24-23-,27-26-,30-29-,33-32-,36-35-,39-38-,42-41-,45-43-,48-46-,51-49-. The Morgan fingerprint density at radius 2 is 0.556 bits per heavy atom. The van der Waals surface area contributed by atoms with Gasteiger partial charge in [0.25, 0.3) is 0 Å². The number of unbranched alkanes of at least 4 members (excludes halogenated alkanes) is 8. The number of esters is 2. The molecule has 0 aromatic rings. The minimum atomic E-state index is -0.813. The third-order valence-electron chi connectivity index (χ3n) is 10.9. The Morgan fingerprint density at radius 1 is 0.319 bits per heavy atom. The molecular formula is C67H100O5. The maximum atomic E-state index is 12.3. The van der Waals surface area contributed by atoms with Crippen molar-refractivity contribution < 1.29 is 24.2 Å². The molecule has 0 aliphatic rings. The minimum absolute atomic E-state index is 0.105. The van der Waals surface area contributed by atoms with E-state index in [1.807, 2.05) is 0 Å². The summed E-state index contributed by atoms with van der Waals surface area (Å²) in [5, 5.41) is 9.63. The Balaban J connectivity index is 3.71. The first-order chi connectivity index (χ1) is 35.6. The van der Waals surface area contributed by atoms with Gasteiger partial charge in [-0.25, -0.2) is 0 Å². The first kappa shape index (κ1) is 66.7. The average Bonchev–Trinajstić information content (AvgIpc) is 3.38. The molecule has 0 heterocycles. The maximum absolute atomic E-state index is 12.3. The van der Waals surface area contributed by atoms with Gasteiger partial charge in [0.05, 0.1) is 6.61 Å². The van der Waals surface area contributed by atoms with E-state index in [4.69, 9.17) is 9.47 Å². The fourth-order valence-electron chi connectivity index (χ4n) is 6.76. The molecule has 1 atom stereocenters. The fraction of sp³-hybridized carbons (Fsp3) is 0.493. The lowest BCUT2D eigenvalue weighted by Crippen LogP contribution is -2.28. The van der Waals surface area contributed by atoms with Crippen LogP contribution in [0, 0.1) is 0 Å². The molecule has 0 aromatic carbocycles. The van der Waals surface area contributed by atoms with Crippen LogP contribution in [0.1, 0.15) is 194 Å². The zero-order chi connectivity index (χ0) is 52.0. The van der Waals surface area contributed by atoms with E-state index in [-0.39, 0.29) is 25.2 Å². The summed E-state index contributed by atoms with van der Waals surface area (Å²) in [4.78, 5) is 24.5. The van der Waals surface area contributed by atoms with Crippen LogP contribution in [0.4, 0.5) is 0 Å². The highest BCUT2D eigenvalue weighted by Crippen LogP contribution is 2.11. The van der Waals surface area contributed by atoms with Crippen molar-refractivity contribution in [3.05, 3.63) is 194 Å². The normalized spacial score (nSPS) is 13.8. The summed E-state index contributed by atoms with van der Waals surface area (Å²) in [7, 11) is 0. The van der Waals surface area contributed by atoms with Gasteiger partial charge in [-0.15, -0.1) is 0 Å². The fourth-order valence-corrected chi connectivity index (χ4v) is 6.76. The van der Waals surface area contributed by atoms with E-state index < -0.39 is 6.10 Å². The molecule has 0 aromatic heterocycles. The summed E-state index contributed by atoms with van der Waals surface area (Å²) < 4.78 is 10.6. The summed E-state index contributed by atoms with van der Waals surface area (Å²) >= 11 is 0. The predicted octanol–water partition coefficient (Wildman–Crippen LogP) is 19.3. The van der Waals surface area contributed by atoms with Crippen molar-refractivity contribution in [3.8, 4) is 0 Å². The van der Waals surface area contributed by atoms with Crippen LogP contribution < -0.4 is 0 Å². The molecule has 0 amide bonds. The number of carbonyl (C=O) groups excluding carboxylic acids is 2. The van der Waals surface area contributed by atoms with Crippen LogP contribution in [0.2, 0.25) is 0 Å². The molecule has 0 aliphatic heterocycles. The predicted molar refractivity (Wildman–Crippen MR) is 315 cm³/mol. The molecule has 0 saturated heterocycles. The summed E-state index contributed by atoms with van der Waals surface area (Å²) in [5.74, 6) is -0.669. The van der Waals surface area contributed by atoms with E-state index in [2.05, 4.69) is 208 Å². The Morgan fingerprint density at radius 3 is 0.847 bits per heavy atom. The number of rotatable bonds is 48. The number of aliphatic hydroxyl groups excluding tert-OH is 1. The highest BCUT2D eigenvalue weighted by molar-refractivity contribution is 5.70. The second kappa shape index (κ2) is 60.0. The van der Waals surface area contributed by atoms with Gasteiger partial charge >= 0.3 is 11.9 Å². The van der Waals surface area contributed by atoms with E-state index in [9.17, 15) is 14.7 Å². The Bertz CT molecular complexity index is 1730. The summed E-state index contributed by atoms with van der Waals surface area (Å²) in [6, 6.07) is 0. The topological polar surface area (TPSA) is 72.8 Å². The molecule has 0 radical (unpaired) electrons. The van der Waals surface area contributed by atoms with Crippen molar-refractivity contribution in [1.29, 1.82) is 0 Å². The lowest BCUT2D eigenvalue weighted by molar-refractivity contribution is -0.161. The zero-order valence-electron chi connectivity index (χ0n) is 45.3. The van der Waals surface area contributed by atoms with Crippen molar-refractivity contribution in [2.75, 3.05) is 13.2 Å². The van der Waals surface area contributed by atoms with Crippen LogP contribution in [0.25, 0.3) is 0 Å². The summed E-state index contributed by atoms with van der Waals surface area (Å²) in [6.45, 7) is 3.84. The van der Waals surface area contributed by atoms with Crippen molar-refractivity contribution in [3.63, 3.8) is 0 Å². The van der Waals surface area contributed by atoms with Crippen LogP contribution in [0.5, 0.6) is 0 Å². The van der Waals surface area contributed by atoms with Gasteiger partial charge in [-0.3, -0.25) is 9.59 Å². The Kier molecular flexibility index (Phi) is 55.7. The first-order valence-electron chi connectivity index (χ1n) is 28.0. The number of ether oxygens (including phenoxy) is 2. The monoisotopic (exact) mass is 985 g/mol. The number of hydrogen-bond acceptors (Lipinski definition) is 5. The minimum Gasteiger partial charge on any atom is -0.462 e. The first-order valence-corrected chi connectivity index (χ1v) is 28.0. The quantitative estimate of drug-likeness (QED) is 0.0374. The smallest absolute Gasteiger partial charge is 0.306 e. The van der Waals surface area contributed by atoms with Gasteiger partial charge in [0.2, 0.25) is 0 Å². The second-order valence-corrected chi connectivity index (χ2v) is 17.5. The van der Waals surface area contributed by atoms with Gasteiger partial charge in [-0.2, -0.15) is 0 Å². The average molecular weight is 986 g/mol. The Labute approximate surface area is 441 Å². The molecular weight excluding hydrogens is 885 g/mol. The number of carbonyl (C=O) groups is 2. The van der Waals surface area contributed by atoms with E-state index in [0.717, 1.165) is 167 Å². The van der Waals surface area contributed by atoms with Crippen LogP contribution in [0.15, 0.2) is 194 Å². The van der Waals surface area contributed by atoms with Gasteiger partial charge in [-0.1, -0.05) is 234 Å². The van der Waals surface area contributed by atoms with E-state index in [1.165, 1.54) is 0 Å². The number of allylic oxidation sites excluding steroid dienone is 32.